The molecule has 0 saturated carbocycles. The number of rotatable bonds is 7. The topological polar surface area (TPSA) is 71.3 Å². The number of anilines is 2. The van der Waals surface area contributed by atoms with Gasteiger partial charge in [-0.05, 0) is 43.3 Å². The van der Waals surface area contributed by atoms with Crippen molar-refractivity contribution < 1.29 is 18.4 Å². The Morgan fingerprint density at radius 2 is 1.86 bits per heavy atom. The molecule has 0 aliphatic rings. The second-order valence-electron chi connectivity index (χ2n) is 6.55. The molecule has 2 amide bonds. The van der Waals surface area contributed by atoms with E-state index >= 15 is 0 Å². The molecule has 1 heterocycles. The molecule has 2 aromatic carbocycles. The monoisotopic (exact) mass is 412 g/mol. The van der Waals surface area contributed by atoms with Gasteiger partial charge < -0.3 is 15.1 Å². The Balaban J connectivity index is 1.62. The number of benzene rings is 2. The first kappa shape index (κ1) is 20.7. The molecule has 29 heavy (non-hydrogen) atoms. The van der Waals surface area contributed by atoms with E-state index in [2.05, 4.69) is 10.6 Å². The molecule has 0 aliphatic carbocycles. The number of halogens is 1. The molecule has 7 heteroatoms. The third-order valence-corrected chi connectivity index (χ3v) is 5.55. The van der Waals surface area contributed by atoms with Gasteiger partial charge in [0.05, 0.1) is 17.5 Å². The number of carbonyl (C=O) groups is 2. The SMILES string of the molecule is Cc1occc1C(=O)Nc1cc(NC(=O)C(C)CSc2ccccc2)ccc1F. The van der Waals surface area contributed by atoms with Gasteiger partial charge in [-0.3, -0.25) is 9.59 Å². The van der Waals surface area contributed by atoms with Crippen molar-refractivity contribution in [2.45, 2.75) is 18.7 Å². The highest BCUT2D eigenvalue weighted by molar-refractivity contribution is 7.99. The first-order valence-electron chi connectivity index (χ1n) is 9.07. The summed E-state index contributed by atoms with van der Waals surface area (Å²) in [5.74, 6) is -0.450. The van der Waals surface area contributed by atoms with Crippen LogP contribution in [0.25, 0.3) is 0 Å². The lowest BCUT2D eigenvalue weighted by Crippen LogP contribution is -2.22. The van der Waals surface area contributed by atoms with Crippen LogP contribution in [0.4, 0.5) is 15.8 Å². The number of hydrogen-bond donors (Lipinski definition) is 2. The van der Waals surface area contributed by atoms with Gasteiger partial charge in [0, 0.05) is 22.3 Å². The summed E-state index contributed by atoms with van der Waals surface area (Å²) in [7, 11) is 0. The van der Waals surface area contributed by atoms with E-state index in [1.54, 1.807) is 18.7 Å². The van der Waals surface area contributed by atoms with Crippen molar-refractivity contribution >= 4 is 35.0 Å². The van der Waals surface area contributed by atoms with E-state index in [4.69, 9.17) is 4.42 Å². The molecule has 0 bridgehead atoms. The average Bonchev–Trinajstić information content (AvgIpc) is 3.15. The van der Waals surface area contributed by atoms with Crippen LogP contribution < -0.4 is 10.6 Å². The standard InChI is InChI=1S/C22H21FN2O3S/c1-14(13-29-17-6-4-3-5-7-17)21(26)24-16-8-9-19(23)20(12-16)25-22(27)18-10-11-28-15(18)2/h3-12,14H,13H2,1-2H3,(H,24,26)(H,25,27). The van der Waals surface area contributed by atoms with Crippen LogP contribution in [0.1, 0.15) is 23.0 Å². The number of carbonyl (C=O) groups excluding carboxylic acids is 2. The Hall–Kier alpha value is -3.06. The largest absolute Gasteiger partial charge is 0.469 e. The molecule has 0 fully saturated rings. The Morgan fingerprint density at radius 1 is 1.10 bits per heavy atom. The Morgan fingerprint density at radius 3 is 2.55 bits per heavy atom. The summed E-state index contributed by atoms with van der Waals surface area (Å²) in [5.41, 5.74) is 0.720. The zero-order chi connectivity index (χ0) is 20.8. The molecular formula is C22H21FN2O3S. The maximum absolute atomic E-state index is 14.1. The Bertz CT molecular complexity index is 1000. The molecule has 150 valence electrons. The van der Waals surface area contributed by atoms with Gasteiger partial charge in [0.1, 0.15) is 11.6 Å². The van der Waals surface area contributed by atoms with Crippen LogP contribution in [0.5, 0.6) is 0 Å². The average molecular weight is 412 g/mol. The number of nitrogens with one attached hydrogen (secondary N) is 2. The van der Waals surface area contributed by atoms with E-state index in [0.29, 0.717) is 22.8 Å². The van der Waals surface area contributed by atoms with Crippen molar-refractivity contribution in [3.63, 3.8) is 0 Å². The molecule has 2 N–H and O–H groups in total. The third-order valence-electron chi connectivity index (χ3n) is 4.28. The van der Waals surface area contributed by atoms with Crippen molar-refractivity contribution in [3.05, 3.63) is 78.0 Å². The molecule has 1 atom stereocenters. The molecule has 0 saturated heterocycles. The number of aryl methyl sites for hydroxylation is 1. The van der Waals surface area contributed by atoms with Crippen LogP contribution in [-0.4, -0.2) is 17.6 Å². The number of thioether (sulfide) groups is 1. The zero-order valence-corrected chi connectivity index (χ0v) is 16.9. The lowest BCUT2D eigenvalue weighted by atomic mass is 10.2. The number of furan rings is 1. The molecule has 1 aromatic heterocycles. The van der Waals surface area contributed by atoms with Crippen LogP contribution in [0.15, 0.2) is 70.2 Å². The fourth-order valence-corrected chi connectivity index (χ4v) is 3.53. The van der Waals surface area contributed by atoms with E-state index in [1.165, 1.54) is 30.5 Å². The quantitative estimate of drug-likeness (QED) is 0.514. The summed E-state index contributed by atoms with van der Waals surface area (Å²) < 4.78 is 19.2. The fraction of sp³-hybridized carbons (Fsp3) is 0.182. The maximum atomic E-state index is 14.1. The summed E-state index contributed by atoms with van der Waals surface area (Å²) in [5, 5.41) is 5.29. The molecule has 0 aliphatic heterocycles. The van der Waals surface area contributed by atoms with Crippen molar-refractivity contribution in [1.29, 1.82) is 0 Å². The second-order valence-corrected chi connectivity index (χ2v) is 7.65. The van der Waals surface area contributed by atoms with Gasteiger partial charge >= 0.3 is 0 Å². The predicted octanol–water partition coefficient (Wildman–Crippen LogP) is 5.35. The van der Waals surface area contributed by atoms with Crippen molar-refractivity contribution in [2.75, 3.05) is 16.4 Å². The summed E-state index contributed by atoms with van der Waals surface area (Å²) in [6, 6.07) is 15.4. The lowest BCUT2D eigenvalue weighted by Gasteiger charge is -2.13. The van der Waals surface area contributed by atoms with Gasteiger partial charge in [0.2, 0.25) is 5.91 Å². The summed E-state index contributed by atoms with van der Waals surface area (Å²) in [4.78, 5) is 25.8. The van der Waals surface area contributed by atoms with Crippen molar-refractivity contribution in [1.82, 2.24) is 0 Å². The summed E-state index contributed by atoms with van der Waals surface area (Å²) >= 11 is 1.59. The lowest BCUT2D eigenvalue weighted by molar-refractivity contribution is -0.118. The number of hydrogen-bond acceptors (Lipinski definition) is 4. The molecule has 3 aromatic rings. The molecule has 5 nitrogen and oxygen atoms in total. The van der Waals surface area contributed by atoms with Gasteiger partial charge in [0.25, 0.3) is 5.91 Å². The molecular weight excluding hydrogens is 391 g/mol. The van der Waals surface area contributed by atoms with Gasteiger partial charge in [0.15, 0.2) is 0 Å². The molecule has 0 spiro atoms. The highest BCUT2D eigenvalue weighted by atomic mass is 32.2. The normalized spacial score (nSPS) is 11.7. The summed E-state index contributed by atoms with van der Waals surface area (Å²) in [6.45, 7) is 3.48. The smallest absolute Gasteiger partial charge is 0.259 e. The van der Waals surface area contributed by atoms with E-state index in [9.17, 15) is 14.0 Å². The van der Waals surface area contributed by atoms with Gasteiger partial charge in [-0.15, -0.1) is 11.8 Å². The van der Waals surface area contributed by atoms with Crippen molar-refractivity contribution in [3.8, 4) is 0 Å². The van der Waals surface area contributed by atoms with E-state index in [1.807, 2.05) is 37.3 Å². The van der Waals surface area contributed by atoms with E-state index in [0.717, 1.165) is 4.90 Å². The Labute approximate surface area is 172 Å². The number of amides is 2. The van der Waals surface area contributed by atoms with Gasteiger partial charge in [-0.2, -0.15) is 0 Å². The van der Waals surface area contributed by atoms with Gasteiger partial charge in [-0.25, -0.2) is 4.39 Å². The predicted molar refractivity (Wildman–Crippen MR) is 113 cm³/mol. The van der Waals surface area contributed by atoms with Crippen LogP contribution in [0, 0.1) is 18.7 Å². The maximum Gasteiger partial charge on any atom is 0.259 e. The van der Waals surface area contributed by atoms with Crippen LogP contribution >= 0.6 is 11.8 Å². The molecule has 1 unspecified atom stereocenters. The highest BCUT2D eigenvalue weighted by Gasteiger charge is 2.17. The Kier molecular flexibility index (Phi) is 6.72. The minimum Gasteiger partial charge on any atom is -0.469 e. The third kappa shape index (κ3) is 5.48. The van der Waals surface area contributed by atoms with Crippen LogP contribution in [0.2, 0.25) is 0 Å². The first-order chi connectivity index (χ1) is 13.9. The van der Waals surface area contributed by atoms with E-state index in [-0.39, 0.29) is 17.5 Å². The van der Waals surface area contributed by atoms with Gasteiger partial charge in [-0.1, -0.05) is 25.1 Å². The summed E-state index contributed by atoms with van der Waals surface area (Å²) in [6.07, 6.45) is 1.39. The minimum atomic E-state index is -0.592. The molecule has 0 radical (unpaired) electrons. The van der Waals surface area contributed by atoms with E-state index < -0.39 is 11.7 Å². The molecule has 3 rings (SSSR count). The second kappa shape index (κ2) is 9.43. The highest BCUT2D eigenvalue weighted by Crippen LogP contribution is 2.24. The zero-order valence-electron chi connectivity index (χ0n) is 16.1. The first-order valence-corrected chi connectivity index (χ1v) is 10.1. The fourth-order valence-electron chi connectivity index (χ4n) is 2.59. The van der Waals surface area contributed by atoms with Crippen molar-refractivity contribution in [2.24, 2.45) is 5.92 Å². The van der Waals surface area contributed by atoms with Crippen LogP contribution in [0.3, 0.4) is 0 Å². The van der Waals surface area contributed by atoms with Crippen LogP contribution in [-0.2, 0) is 4.79 Å². The minimum absolute atomic E-state index is 0.0142.